The maximum atomic E-state index is 12.7. The Bertz CT molecular complexity index is 1160. The molecule has 6 heteroatoms. The predicted octanol–water partition coefficient (Wildman–Crippen LogP) is 6.24. The fourth-order valence-corrected chi connectivity index (χ4v) is 5.37. The van der Waals surface area contributed by atoms with E-state index in [4.69, 9.17) is 9.47 Å². The zero-order valence-corrected chi connectivity index (χ0v) is 21.9. The summed E-state index contributed by atoms with van der Waals surface area (Å²) in [6.45, 7) is 3.14. The molecule has 2 heterocycles. The lowest BCUT2D eigenvalue weighted by molar-refractivity contribution is -0.253. The summed E-state index contributed by atoms with van der Waals surface area (Å²) in [5, 5.41) is 12.5. The molecule has 3 aromatic carbocycles. The zero-order chi connectivity index (χ0) is 26.2. The van der Waals surface area contributed by atoms with Gasteiger partial charge in [0.25, 0.3) is 5.91 Å². The Labute approximate surface area is 225 Å². The van der Waals surface area contributed by atoms with Crippen molar-refractivity contribution in [2.24, 2.45) is 0 Å². The van der Waals surface area contributed by atoms with Crippen LogP contribution in [0.2, 0.25) is 0 Å². The van der Waals surface area contributed by atoms with Crippen LogP contribution in [0.25, 0.3) is 0 Å². The van der Waals surface area contributed by atoms with E-state index in [2.05, 4.69) is 10.2 Å². The second-order valence-corrected chi connectivity index (χ2v) is 10.4. The van der Waals surface area contributed by atoms with E-state index < -0.39 is 6.29 Å². The predicted molar refractivity (Wildman–Crippen MR) is 149 cm³/mol. The molecule has 2 aliphatic rings. The largest absolute Gasteiger partial charge is 0.392 e. The van der Waals surface area contributed by atoms with Gasteiger partial charge in [-0.3, -0.25) is 4.79 Å². The average Bonchev–Trinajstić information content (AvgIpc) is 2.95. The molecule has 1 amide bonds. The van der Waals surface area contributed by atoms with Gasteiger partial charge < -0.3 is 24.8 Å². The number of likely N-dealkylation sites (tertiary alicyclic amines) is 1. The third-order valence-electron chi connectivity index (χ3n) is 7.48. The van der Waals surface area contributed by atoms with Gasteiger partial charge in [-0.05, 0) is 61.3 Å². The highest BCUT2D eigenvalue weighted by molar-refractivity contribution is 6.04. The fourth-order valence-electron chi connectivity index (χ4n) is 5.37. The van der Waals surface area contributed by atoms with Gasteiger partial charge in [-0.15, -0.1) is 0 Å². The summed E-state index contributed by atoms with van der Waals surface area (Å²) in [5.74, 6) is -0.148. The van der Waals surface area contributed by atoms with E-state index >= 15 is 0 Å². The molecular formula is C32H38N2O4. The Morgan fingerprint density at radius 3 is 2.32 bits per heavy atom. The summed E-state index contributed by atoms with van der Waals surface area (Å²) in [7, 11) is 0. The number of carbonyl (C=O) groups is 1. The van der Waals surface area contributed by atoms with Crippen LogP contribution in [0.3, 0.4) is 0 Å². The molecule has 0 bridgehead atoms. The standard InChI is InChI=1S/C32H38N2O4/c35-23-24-14-16-25(17-15-24)30-21-29(22-34-18-7-2-1-3-8-19-34)37-32(38-30)27-12-9-13-28(20-27)33-31(36)26-10-5-4-6-11-26/h4-6,9-17,20,29-30,32,35H,1-3,7-8,18-19,21-23H2,(H,33,36). The Hall–Kier alpha value is -3.03. The lowest BCUT2D eigenvalue weighted by atomic mass is 9.99. The highest BCUT2D eigenvalue weighted by atomic mass is 16.7. The molecule has 0 aromatic heterocycles. The third kappa shape index (κ3) is 7.08. The summed E-state index contributed by atoms with van der Waals surface area (Å²) in [4.78, 5) is 15.3. The highest BCUT2D eigenvalue weighted by Gasteiger charge is 2.33. The molecule has 2 fully saturated rings. The van der Waals surface area contributed by atoms with Crippen molar-refractivity contribution in [2.75, 3.05) is 25.0 Å². The van der Waals surface area contributed by atoms with Crippen molar-refractivity contribution in [1.82, 2.24) is 4.90 Å². The maximum absolute atomic E-state index is 12.7. The van der Waals surface area contributed by atoms with Crippen LogP contribution in [0.4, 0.5) is 5.69 Å². The molecule has 3 atom stereocenters. The van der Waals surface area contributed by atoms with E-state index in [9.17, 15) is 9.90 Å². The number of carbonyl (C=O) groups excluding carboxylic acids is 1. The van der Waals surface area contributed by atoms with Crippen molar-refractivity contribution in [2.45, 2.75) is 63.6 Å². The first-order valence-electron chi connectivity index (χ1n) is 13.9. The van der Waals surface area contributed by atoms with Crippen molar-refractivity contribution in [1.29, 1.82) is 0 Å². The summed E-state index contributed by atoms with van der Waals surface area (Å²) in [5.41, 5.74) is 4.17. The lowest BCUT2D eigenvalue weighted by Gasteiger charge is -2.39. The first-order valence-corrected chi connectivity index (χ1v) is 13.9. The molecule has 2 aliphatic heterocycles. The number of aliphatic hydroxyl groups excluding tert-OH is 1. The number of ether oxygens (including phenoxy) is 2. The third-order valence-corrected chi connectivity index (χ3v) is 7.48. The van der Waals surface area contributed by atoms with Gasteiger partial charge in [0, 0.05) is 29.8 Å². The zero-order valence-electron chi connectivity index (χ0n) is 21.9. The quantitative estimate of drug-likeness (QED) is 0.390. The van der Waals surface area contributed by atoms with Crippen molar-refractivity contribution in [3.05, 3.63) is 101 Å². The minimum absolute atomic E-state index is 0.0244. The minimum atomic E-state index is -0.542. The van der Waals surface area contributed by atoms with E-state index in [0.717, 1.165) is 42.7 Å². The average molecular weight is 515 g/mol. The molecular weight excluding hydrogens is 476 g/mol. The molecule has 2 N–H and O–H groups in total. The van der Waals surface area contributed by atoms with Crippen LogP contribution >= 0.6 is 0 Å². The maximum Gasteiger partial charge on any atom is 0.255 e. The molecule has 0 aliphatic carbocycles. The summed E-state index contributed by atoms with van der Waals surface area (Å²) in [6, 6.07) is 24.9. The van der Waals surface area contributed by atoms with Crippen LogP contribution < -0.4 is 5.32 Å². The van der Waals surface area contributed by atoms with E-state index in [1.54, 1.807) is 12.1 Å². The highest BCUT2D eigenvalue weighted by Crippen LogP contribution is 2.38. The van der Waals surface area contributed by atoms with Crippen LogP contribution in [-0.2, 0) is 16.1 Å². The van der Waals surface area contributed by atoms with Gasteiger partial charge in [0.1, 0.15) is 0 Å². The molecule has 3 aromatic rings. The van der Waals surface area contributed by atoms with Crippen molar-refractivity contribution in [3.63, 3.8) is 0 Å². The van der Waals surface area contributed by atoms with Crippen molar-refractivity contribution >= 4 is 11.6 Å². The van der Waals surface area contributed by atoms with Gasteiger partial charge in [0.15, 0.2) is 6.29 Å². The normalized spacial score (nSPS) is 22.8. The van der Waals surface area contributed by atoms with Gasteiger partial charge in [-0.1, -0.05) is 73.9 Å². The second kappa shape index (κ2) is 13.2. The first-order chi connectivity index (χ1) is 18.7. The summed E-state index contributed by atoms with van der Waals surface area (Å²) in [6.07, 6.45) is 6.55. The molecule has 0 spiro atoms. The van der Waals surface area contributed by atoms with E-state index in [-0.39, 0.29) is 24.7 Å². The van der Waals surface area contributed by atoms with Gasteiger partial charge >= 0.3 is 0 Å². The van der Waals surface area contributed by atoms with Crippen molar-refractivity contribution < 1.29 is 19.4 Å². The van der Waals surface area contributed by atoms with Crippen LogP contribution in [0.1, 0.15) is 78.0 Å². The number of hydrogen-bond acceptors (Lipinski definition) is 5. The van der Waals surface area contributed by atoms with Crippen molar-refractivity contribution in [3.8, 4) is 0 Å². The molecule has 38 heavy (non-hydrogen) atoms. The Kier molecular flexibility index (Phi) is 9.20. The Balaban J connectivity index is 1.34. The van der Waals surface area contributed by atoms with Crippen LogP contribution in [0.15, 0.2) is 78.9 Å². The smallest absolute Gasteiger partial charge is 0.255 e. The number of anilines is 1. The fraction of sp³-hybridized carbons (Fsp3) is 0.406. The van der Waals surface area contributed by atoms with Gasteiger partial charge in [0.2, 0.25) is 0 Å². The number of benzene rings is 3. The number of amides is 1. The molecule has 5 rings (SSSR count). The molecule has 6 nitrogen and oxygen atoms in total. The summed E-state index contributed by atoms with van der Waals surface area (Å²) < 4.78 is 13.1. The van der Waals surface area contributed by atoms with Gasteiger partial charge in [-0.2, -0.15) is 0 Å². The number of nitrogens with one attached hydrogen (secondary N) is 1. The van der Waals surface area contributed by atoms with Gasteiger partial charge in [-0.25, -0.2) is 0 Å². The van der Waals surface area contributed by atoms with Gasteiger partial charge in [0.05, 0.1) is 18.8 Å². The number of nitrogens with zero attached hydrogens (tertiary/aromatic N) is 1. The monoisotopic (exact) mass is 514 g/mol. The minimum Gasteiger partial charge on any atom is -0.392 e. The summed E-state index contributed by atoms with van der Waals surface area (Å²) >= 11 is 0. The number of hydrogen-bond donors (Lipinski definition) is 2. The molecule has 0 radical (unpaired) electrons. The van der Waals surface area contributed by atoms with E-state index in [1.807, 2.05) is 66.7 Å². The van der Waals surface area contributed by atoms with Crippen LogP contribution in [0.5, 0.6) is 0 Å². The topological polar surface area (TPSA) is 71.0 Å². The molecule has 3 unspecified atom stereocenters. The number of rotatable bonds is 7. The molecule has 2 saturated heterocycles. The van der Waals surface area contributed by atoms with Crippen LogP contribution in [-0.4, -0.2) is 41.7 Å². The second-order valence-electron chi connectivity index (χ2n) is 10.4. The van der Waals surface area contributed by atoms with E-state index in [0.29, 0.717) is 11.3 Å². The lowest BCUT2D eigenvalue weighted by Crippen LogP contribution is -2.40. The first kappa shape index (κ1) is 26.6. The SMILES string of the molecule is O=C(Nc1cccc(C2OC(CN3CCCCCCC3)CC(c3ccc(CO)cc3)O2)c1)c1ccccc1. The molecule has 0 saturated carbocycles. The van der Waals surface area contributed by atoms with Crippen LogP contribution in [0, 0.1) is 0 Å². The number of aliphatic hydroxyl groups is 1. The Morgan fingerprint density at radius 2 is 1.58 bits per heavy atom. The van der Waals surface area contributed by atoms with E-state index in [1.165, 1.54) is 32.1 Å². The Morgan fingerprint density at radius 1 is 0.842 bits per heavy atom. The molecule has 200 valence electrons.